The number of nitrogens with zero attached hydrogens (tertiary/aromatic N) is 7. The number of hydrogen-bond donors (Lipinski definition) is 3. The van der Waals surface area contributed by atoms with Crippen LogP contribution in [0.1, 0.15) is 11.1 Å². The Labute approximate surface area is 230 Å². The maximum atomic E-state index is 12.4. The van der Waals surface area contributed by atoms with E-state index >= 15 is 0 Å². The van der Waals surface area contributed by atoms with Gasteiger partial charge in [-0.05, 0) is 35.4 Å². The average Bonchev–Trinajstić information content (AvgIpc) is 3.48. The molecule has 0 aliphatic heterocycles. The van der Waals surface area contributed by atoms with Gasteiger partial charge >= 0.3 is 0 Å². The summed E-state index contributed by atoms with van der Waals surface area (Å²) >= 11 is 9.90. The van der Waals surface area contributed by atoms with Gasteiger partial charge < -0.3 is 10.7 Å². The summed E-state index contributed by atoms with van der Waals surface area (Å²) in [5.74, 6) is 6.82. The van der Waals surface area contributed by atoms with E-state index in [0.717, 1.165) is 38.7 Å². The van der Waals surface area contributed by atoms with Crippen molar-refractivity contribution < 1.29 is 4.79 Å². The minimum Gasteiger partial charge on any atom is -0.378 e. The molecule has 0 fully saturated rings. The number of nitrogens with one attached hydrogen (secondary N) is 2. The molecule has 4 aromatic rings. The SMILES string of the molecule is CN(C)c1ccc(/C=N/Nc2nnc(SCC(=O)Nc3nnc(SCc4ccc(Cl)cc4)s3)n2N)cc1. The van der Waals surface area contributed by atoms with Crippen LogP contribution >= 0.6 is 46.5 Å². The smallest absolute Gasteiger partial charge is 0.264 e. The molecule has 4 N–H and O–H groups in total. The first-order valence-corrected chi connectivity index (χ1v) is 13.9. The molecule has 0 atom stereocenters. The standard InChI is InChI=1S/C22H23ClN10OS3/c1-32(2)17-9-5-14(6-10-17)11-25-27-19-28-30-21(33(19)24)35-13-18(34)26-20-29-31-22(37-20)36-12-15-3-7-16(23)8-4-15/h3-11H,12-13,24H2,1-2H3,(H,27,28)(H,26,29,34)/b25-11+. The summed E-state index contributed by atoms with van der Waals surface area (Å²) in [6, 6.07) is 15.5. The number of carbonyl (C=O) groups is 1. The second-order valence-corrected chi connectivity index (χ2v) is 11.2. The van der Waals surface area contributed by atoms with Crippen molar-refractivity contribution in [2.45, 2.75) is 15.2 Å². The van der Waals surface area contributed by atoms with Crippen molar-refractivity contribution in [2.24, 2.45) is 5.10 Å². The highest BCUT2D eigenvalue weighted by Gasteiger charge is 2.14. The van der Waals surface area contributed by atoms with E-state index in [-0.39, 0.29) is 17.6 Å². The molecule has 0 bridgehead atoms. The summed E-state index contributed by atoms with van der Waals surface area (Å²) in [4.78, 5) is 14.4. The molecule has 37 heavy (non-hydrogen) atoms. The fourth-order valence-corrected chi connectivity index (χ4v) is 5.31. The van der Waals surface area contributed by atoms with Crippen LogP contribution in [0.2, 0.25) is 5.02 Å². The second-order valence-electron chi connectivity index (χ2n) is 7.66. The van der Waals surface area contributed by atoms with Crippen LogP contribution in [0.3, 0.4) is 0 Å². The highest BCUT2D eigenvalue weighted by atomic mass is 35.5. The number of halogens is 1. The van der Waals surface area contributed by atoms with Crippen LogP contribution in [0.5, 0.6) is 0 Å². The van der Waals surface area contributed by atoms with Crippen molar-refractivity contribution in [3.05, 3.63) is 64.7 Å². The van der Waals surface area contributed by atoms with E-state index < -0.39 is 0 Å². The summed E-state index contributed by atoms with van der Waals surface area (Å²) in [6.07, 6.45) is 1.65. The van der Waals surface area contributed by atoms with Gasteiger partial charge in [-0.25, -0.2) is 10.1 Å². The Morgan fingerprint density at radius 3 is 2.59 bits per heavy atom. The largest absolute Gasteiger partial charge is 0.378 e. The zero-order chi connectivity index (χ0) is 26.2. The lowest BCUT2D eigenvalue weighted by Crippen LogP contribution is -2.16. The maximum absolute atomic E-state index is 12.4. The molecule has 4 rings (SSSR count). The molecule has 2 aromatic heterocycles. The van der Waals surface area contributed by atoms with E-state index in [1.807, 2.05) is 67.5 Å². The molecule has 192 valence electrons. The number of amides is 1. The van der Waals surface area contributed by atoms with Crippen LogP contribution in [-0.2, 0) is 10.5 Å². The van der Waals surface area contributed by atoms with Gasteiger partial charge in [-0.3, -0.25) is 10.1 Å². The number of hydrogen-bond acceptors (Lipinski definition) is 12. The van der Waals surface area contributed by atoms with E-state index in [2.05, 4.69) is 36.2 Å². The maximum Gasteiger partial charge on any atom is 0.264 e. The third-order valence-corrected chi connectivity index (χ3v) is 7.95. The molecule has 0 radical (unpaired) electrons. The monoisotopic (exact) mass is 574 g/mol. The van der Waals surface area contributed by atoms with Gasteiger partial charge in [0.2, 0.25) is 16.2 Å². The van der Waals surface area contributed by atoms with Crippen LogP contribution < -0.4 is 21.5 Å². The molecule has 0 unspecified atom stereocenters. The number of nitrogens with two attached hydrogens (primary N) is 1. The first-order chi connectivity index (χ1) is 17.9. The predicted molar refractivity (Wildman–Crippen MR) is 152 cm³/mol. The van der Waals surface area contributed by atoms with E-state index in [1.165, 1.54) is 27.8 Å². The number of rotatable bonds is 11. The first kappa shape index (κ1) is 26.7. The van der Waals surface area contributed by atoms with Gasteiger partial charge in [0.05, 0.1) is 12.0 Å². The lowest BCUT2D eigenvalue weighted by molar-refractivity contribution is -0.113. The minimum absolute atomic E-state index is 0.0731. The molecule has 1 amide bonds. The molecule has 0 aliphatic carbocycles. The van der Waals surface area contributed by atoms with Crippen molar-refractivity contribution in [1.29, 1.82) is 0 Å². The van der Waals surface area contributed by atoms with E-state index in [1.54, 1.807) is 6.21 Å². The van der Waals surface area contributed by atoms with Gasteiger partial charge in [-0.2, -0.15) is 5.10 Å². The van der Waals surface area contributed by atoms with E-state index in [9.17, 15) is 4.79 Å². The number of thioether (sulfide) groups is 2. The summed E-state index contributed by atoms with van der Waals surface area (Å²) in [5, 5.41) is 24.5. The fourth-order valence-electron chi connectivity index (χ4n) is 2.80. The molecule has 0 spiro atoms. The molecule has 2 heterocycles. The lowest BCUT2D eigenvalue weighted by atomic mass is 10.2. The number of anilines is 3. The number of aromatic nitrogens is 5. The Morgan fingerprint density at radius 1 is 1.11 bits per heavy atom. The van der Waals surface area contributed by atoms with E-state index in [4.69, 9.17) is 17.4 Å². The Kier molecular flexibility index (Phi) is 9.22. The summed E-state index contributed by atoms with van der Waals surface area (Å²) < 4.78 is 1.99. The summed E-state index contributed by atoms with van der Waals surface area (Å²) in [6.45, 7) is 0. The number of nitrogen functional groups attached to an aromatic ring is 1. The third kappa shape index (κ3) is 7.82. The zero-order valence-corrected chi connectivity index (χ0v) is 23.0. The molecule has 2 aromatic carbocycles. The number of benzene rings is 2. The van der Waals surface area contributed by atoms with Crippen molar-refractivity contribution in [3.63, 3.8) is 0 Å². The van der Waals surface area contributed by atoms with Gasteiger partial charge in [0, 0.05) is 30.6 Å². The zero-order valence-electron chi connectivity index (χ0n) is 19.8. The molecular weight excluding hydrogens is 552 g/mol. The molecule has 0 saturated carbocycles. The quantitative estimate of drug-likeness (QED) is 0.0790. The van der Waals surface area contributed by atoms with Crippen LogP contribution in [0.15, 0.2) is 63.1 Å². The predicted octanol–water partition coefficient (Wildman–Crippen LogP) is 4.03. The highest BCUT2D eigenvalue weighted by Crippen LogP contribution is 2.29. The normalized spacial score (nSPS) is 11.1. The summed E-state index contributed by atoms with van der Waals surface area (Å²) in [5.41, 5.74) is 5.89. The van der Waals surface area contributed by atoms with Gasteiger partial charge in [-0.15, -0.1) is 20.4 Å². The van der Waals surface area contributed by atoms with Gasteiger partial charge in [0.25, 0.3) is 5.95 Å². The van der Waals surface area contributed by atoms with Gasteiger partial charge in [0.1, 0.15) is 0 Å². The van der Waals surface area contributed by atoms with Gasteiger partial charge in [0.15, 0.2) is 4.34 Å². The minimum atomic E-state index is -0.257. The lowest BCUT2D eigenvalue weighted by Gasteiger charge is -2.11. The number of carbonyl (C=O) groups excluding carboxylic acids is 1. The first-order valence-electron chi connectivity index (χ1n) is 10.8. The molecule has 0 aliphatic rings. The molecule has 11 nitrogen and oxygen atoms in total. The van der Waals surface area contributed by atoms with Gasteiger partial charge in [-0.1, -0.05) is 70.7 Å². The topological polar surface area (TPSA) is 139 Å². The van der Waals surface area contributed by atoms with Crippen LogP contribution in [0, 0.1) is 0 Å². The van der Waals surface area contributed by atoms with E-state index in [0.29, 0.717) is 15.3 Å². The molecular formula is C22H23ClN10OS3. The molecule has 15 heteroatoms. The Morgan fingerprint density at radius 2 is 1.86 bits per heavy atom. The van der Waals surface area contributed by atoms with Crippen LogP contribution in [0.25, 0.3) is 0 Å². The third-order valence-electron chi connectivity index (χ3n) is 4.71. The van der Waals surface area contributed by atoms with Crippen molar-refractivity contribution in [2.75, 3.05) is 41.3 Å². The molecule has 0 saturated heterocycles. The summed E-state index contributed by atoms with van der Waals surface area (Å²) in [7, 11) is 3.96. The highest BCUT2D eigenvalue weighted by molar-refractivity contribution is 8.00. The number of hydrazone groups is 1. The van der Waals surface area contributed by atoms with Crippen molar-refractivity contribution >= 4 is 75.4 Å². The average molecular weight is 575 g/mol. The Balaban J connectivity index is 1.22. The van der Waals surface area contributed by atoms with Crippen molar-refractivity contribution in [3.8, 4) is 0 Å². The van der Waals surface area contributed by atoms with Crippen LogP contribution in [-0.4, -0.2) is 57.0 Å². The van der Waals surface area contributed by atoms with Crippen LogP contribution in [0.4, 0.5) is 16.8 Å². The second kappa shape index (κ2) is 12.8. The van der Waals surface area contributed by atoms with Crippen molar-refractivity contribution in [1.82, 2.24) is 25.1 Å². The Hall–Kier alpha value is -3.33. The fraction of sp³-hybridized carbons (Fsp3) is 0.182. The Bertz CT molecular complexity index is 1360.